The Bertz CT molecular complexity index is 1300. The molecule has 4 unspecified atom stereocenters. The van der Waals surface area contributed by atoms with Gasteiger partial charge in [0.15, 0.2) is 25.9 Å². The highest BCUT2D eigenvalue weighted by Gasteiger charge is 2.38. The van der Waals surface area contributed by atoms with Gasteiger partial charge in [0.2, 0.25) is 0 Å². The maximum Gasteiger partial charge on any atom is 0.329 e. The molecule has 1 rings (SSSR count). The van der Waals surface area contributed by atoms with Crippen molar-refractivity contribution in [2.75, 3.05) is 48.0 Å². The van der Waals surface area contributed by atoms with Crippen molar-refractivity contribution in [2.45, 2.75) is 118 Å². The average molecular weight is 755 g/mol. The minimum atomic E-state index is -1.38. The molecule has 0 aromatic heterocycles. The fraction of sp³-hybridized carbons (Fsp3) is 0.784. The standard InChI is InChI=1S/C37H62N4O12/c1-21(2)14-26-34(46)50-18-30(42)38(10)27(15-22(3)4)35(47)51-20-32(44)40(12)29(17-24(7)8)37(49)53-25(9)33(45)41(13)28(16-23(5)6)36(48)52-19-31(43)39(26)11/h21-29H,14-20H2,1-13H3/t25-,26?,27?,28?,29?/m1/s1. The first-order chi connectivity index (χ1) is 24.5. The van der Waals surface area contributed by atoms with Gasteiger partial charge in [-0.25, -0.2) is 19.2 Å². The van der Waals surface area contributed by atoms with Crippen molar-refractivity contribution in [3.8, 4) is 0 Å². The smallest absolute Gasteiger partial charge is 0.329 e. The van der Waals surface area contributed by atoms with Crippen LogP contribution in [0.25, 0.3) is 0 Å². The van der Waals surface area contributed by atoms with E-state index in [1.165, 1.54) is 35.1 Å². The third kappa shape index (κ3) is 14.6. The Kier molecular flexibility index (Phi) is 18.9. The number of nitrogens with zero attached hydrogens (tertiary/aromatic N) is 4. The predicted octanol–water partition coefficient (Wildman–Crippen LogP) is 2.05. The van der Waals surface area contributed by atoms with Gasteiger partial charge in [-0.2, -0.15) is 0 Å². The molecule has 5 atom stereocenters. The largest absolute Gasteiger partial charge is 0.454 e. The fourth-order valence-electron chi connectivity index (χ4n) is 5.69. The van der Waals surface area contributed by atoms with Crippen molar-refractivity contribution in [2.24, 2.45) is 23.7 Å². The van der Waals surface area contributed by atoms with Crippen LogP contribution in [-0.4, -0.2) is 145 Å². The van der Waals surface area contributed by atoms with E-state index in [1.807, 2.05) is 55.4 Å². The molecule has 0 saturated carbocycles. The molecule has 53 heavy (non-hydrogen) atoms. The van der Waals surface area contributed by atoms with Crippen LogP contribution in [0.3, 0.4) is 0 Å². The van der Waals surface area contributed by atoms with E-state index in [0.29, 0.717) is 0 Å². The molecule has 1 aliphatic rings. The minimum absolute atomic E-state index is 0.0886. The predicted molar refractivity (Wildman–Crippen MR) is 192 cm³/mol. The van der Waals surface area contributed by atoms with Gasteiger partial charge in [-0.1, -0.05) is 55.4 Å². The van der Waals surface area contributed by atoms with Crippen LogP contribution in [0.1, 0.15) is 88.0 Å². The molecule has 302 valence electrons. The van der Waals surface area contributed by atoms with Gasteiger partial charge in [-0.3, -0.25) is 19.2 Å². The number of rotatable bonds is 8. The van der Waals surface area contributed by atoms with Gasteiger partial charge in [-0.05, 0) is 56.3 Å². The maximum absolute atomic E-state index is 13.6. The quantitative estimate of drug-likeness (QED) is 0.260. The molecule has 0 aromatic carbocycles. The molecule has 0 spiro atoms. The number of esters is 4. The van der Waals surface area contributed by atoms with Gasteiger partial charge in [-0.15, -0.1) is 0 Å². The molecule has 0 bridgehead atoms. The van der Waals surface area contributed by atoms with Crippen molar-refractivity contribution < 1.29 is 57.3 Å². The summed E-state index contributed by atoms with van der Waals surface area (Å²) in [6.45, 7) is 13.7. The van der Waals surface area contributed by atoms with Crippen molar-refractivity contribution >= 4 is 47.5 Å². The lowest BCUT2D eigenvalue weighted by Gasteiger charge is -2.32. The molecule has 0 aliphatic carbocycles. The van der Waals surface area contributed by atoms with E-state index in [1.54, 1.807) is 0 Å². The van der Waals surface area contributed by atoms with Crippen molar-refractivity contribution in [3.63, 3.8) is 0 Å². The van der Waals surface area contributed by atoms with Crippen molar-refractivity contribution in [1.82, 2.24) is 19.6 Å². The Hall–Kier alpha value is -4.24. The Morgan fingerprint density at radius 2 is 0.698 bits per heavy atom. The summed E-state index contributed by atoms with van der Waals surface area (Å²) in [6, 6.07) is -4.60. The van der Waals surface area contributed by atoms with Crippen LogP contribution in [0.5, 0.6) is 0 Å². The number of carbonyl (C=O) groups excluding carboxylic acids is 8. The molecular formula is C37H62N4O12. The normalized spacial score (nSPS) is 24.9. The average Bonchev–Trinajstić information content (AvgIpc) is 3.07. The molecule has 1 aliphatic heterocycles. The topological polar surface area (TPSA) is 186 Å². The van der Waals surface area contributed by atoms with Crippen LogP contribution >= 0.6 is 0 Å². The number of cyclic esters (lactones) is 4. The number of carbonyl (C=O) groups is 8. The van der Waals surface area contributed by atoms with Crippen molar-refractivity contribution in [1.29, 1.82) is 0 Å². The second kappa shape index (κ2) is 21.5. The molecule has 16 heteroatoms. The summed E-state index contributed by atoms with van der Waals surface area (Å²) in [5, 5.41) is 0. The van der Waals surface area contributed by atoms with Gasteiger partial charge in [0.05, 0.1) is 0 Å². The SMILES string of the molecule is CC(C)CC1C(=O)OCC(=O)N(C)C(CC(C)C)C(=O)O[C@H](C)C(=O)N(C)C(CC(C)C)C(=O)OCC(=O)N(C)C(CC(C)C)C(=O)OCC(=O)N1C. The highest BCUT2D eigenvalue weighted by Crippen LogP contribution is 2.19. The Balaban J connectivity index is 3.62. The molecule has 1 heterocycles. The zero-order valence-corrected chi connectivity index (χ0v) is 33.8. The maximum atomic E-state index is 13.6. The summed E-state index contributed by atoms with van der Waals surface area (Å²) in [4.78, 5) is 111. The van der Waals surface area contributed by atoms with Crippen LogP contribution in [0, 0.1) is 23.7 Å². The van der Waals surface area contributed by atoms with Crippen LogP contribution in [-0.2, 0) is 57.3 Å². The zero-order valence-electron chi connectivity index (χ0n) is 33.8. The van der Waals surface area contributed by atoms with E-state index in [0.717, 1.165) is 19.6 Å². The third-order valence-electron chi connectivity index (χ3n) is 8.92. The number of amides is 4. The fourth-order valence-corrected chi connectivity index (χ4v) is 5.69. The summed E-state index contributed by atoms with van der Waals surface area (Å²) in [7, 11) is 5.40. The number of hydrogen-bond donors (Lipinski definition) is 0. The van der Waals surface area contributed by atoms with Crippen LogP contribution in [0.4, 0.5) is 0 Å². The summed E-state index contributed by atoms with van der Waals surface area (Å²) >= 11 is 0. The number of hydrogen-bond acceptors (Lipinski definition) is 12. The van der Waals surface area contributed by atoms with Gasteiger partial charge in [0.1, 0.15) is 24.2 Å². The summed E-state index contributed by atoms with van der Waals surface area (Å²) in [5.41, 5.74) is 0. The summed E-state index contributed by atoms with van der Waals surface area (Å²) in [6.07, 6.45) is -0.754. The Labute approximate surface area is 314 Å². The Morgan fingerprint density at radius 1 is 0.453 bits per heavy atom. The molecule has 0 N–H and O–H groups in total. The number of likely N-dealkylation sites (N-methyl/N-ethyl adjacent to an activating group) is 4. The molecule has 0 radical (unpaired) electrons. The van der Waals surface area contributed by atoms with Gasteiger partial charge < -0.3 is 38.5 Å². The van der Waals surface area contributed by atoms with Crippen LogP contribution < -0.4 is 0 Å². The summed E-state index contributed by atoms with van der Waals surface area (Å²) in [5.74, 6) is -6.79. The molecular weight excluding hydrogens is 692 g/mol. The minimum Gasteiger partial charge on any atom is -0.454 e. The number of ether oxygens (including phenoxy) is 4. The molecule has 4 amide bonds. The first kappa shape index (κ1) is 46.8. The van der Waals surface area contributed by atoms with E-state index in [4.69, 9.17) is 18.9 Å². The second-order valence-corrected chi connectivity index (χ2v) is 15.4. The molecule has 1 saturated heterocycles. The molecule has 0 aromatic rings. The first-order valence-electron chi connectivity index (χ1n) is 18.2. The first-order valence-corrected chi connectivity index (χ1v) is 18.2. The monoisotopic (exact) mass is 754 g/mol. The highest BCUT2D eigenvalue weighted by atomic mass is 16.6. The third-order valence-corrected chi connectivity index (χ3v) is 8.92. The van der Waals surface area contributed by atoms with Gasteiger partial charge in [0, 0.05) is 28.2 Å². The Morgan fingerprint density at radius 3 is 0.962 bits per heavy atom. The van der Waals surface area contributed by atoms with Crippen molar-refractivity contribution in [3.05, 3.63) is 0 Å². The van der Waals surface area contributed by atoms with E-state index in [-0.39, 0.29) is 49.4 Å². The van der Waals surface area contributed by atoms with Gasteiger partial charge in [0.25, 0.3) is 23.6 Å². The van der Waals surface area contributed by atoms with E-state index < -0.39 is 97.6 Å². The lowest BCUT2D eigenvalue weighted by Crippen LogP contribution is -2.51. The van der Waals surface area contributed by atoms with Crippen LogP contribution in [0.15, 0.2) is 0 Å². The lowest BCUT2D eigenvalue weighted by molar-refractivity contribution is -0.170. The van der Waals surface area contributed by atoms with E-state index in [2.05, 4.69) is 0 Å². The zero-order chi connectivity index (χ0) is 40.9. The van der Waals surface area contributed by atoms with E-state index >= 15 is 0 Å². The van der Waals surface area contributed by atoms with E-state index in [9.17, 15) is 38.4 Å². The highest BCUT2D eigenvalue weighted by molar-refractivity contribution is 5.92. The lowest BCUT2D eigenvalue weighted by atomic mass is 10.0. The van der Waals surface area contributed by atoms with Crippen LogP contribution in [0.2, 0.25) is 0 Å². The van der Waals surface area contributed by atoms with Gasteiger partial charge >= 0.3 is 23.9 Å². The second-order valence-electron chi connectivity index (χ2n) is 15.4. The molecule has 16 nitrogen and oxygen atoms in total. The molecule has 1 fully saturated rings. The summed E-state index contributed by atoms with van der Waals surface area (Å²) < 4.78 is 21.6.